The number of hydrogen-bond donors (Lipinski definition) is 2. The molecule has 2 N–H and O–H groups in total. The van der Waals surface area contributed by atoms with Gasteiger partial charge in [0.05, 0.1) is 12.2 Å². The first kappa shape index (κ1) is 20.2. The molecule has 1 aliphatic rings. The summed E-state index contributed by atoms with van der Waals surface area (Å²) in [4.78, 5) is 11.7. The number of hydrogen-bond acceptors (Lipinski definition) is 4. The van der Waals surface area contributed by atoms with Crippen molar-refractivity contribution < 1.29 is 19.7 Å². The molecule has 1 saturated heterocycles. The fourth-order valence-electron chi connectivity index (χ4n) is 2.97. The van der Waals surface area contributed by atoms with E-state index < -0.39 is 17.7 Å². The molecule has 2 atom stereocenters. The highest BCUT2D eigenvalue weighted by molar-refractivity contribution is 5.92. The number of aliphatic hydroxyl groups is 2. The van der Waals surface area contributed by atoms with Gasteiger partial charge in [-0.1, -0.05) is 70.8 Å². The van der Waals surface area contributed by atoms with Gasteiger partial charge in [0.1, 0.15) is 6.10 Å². The predicted molar refractivity (Wildman–Crippen MR) is 92.1 cm³/mol. The van der Waals surface area contributed by atoms with Crippen molar-refractivity contribution in [2.24, 2.45) is 0 Å². The van der Waals surface area contributed by atoms with Crippen molar-refractivity contribution in [1.29, 1.82) is 0 Å². The van der Waals surface area contributed by atoms with E-state index in [2.05, 4.69) is 6.92 Å². The summed E-state index contributed by atoms with van der Waals surface area (Å²) < 4.78 is 5.07. The van der Waals surface area contributed by atoms with Crippen LogP contribution in [0.2, 0.25) is 0 Å². The average molecular weight is 326 g/mol. The van der Waals surface area contributed by atoms with Gasteiger partial charge in [-0.2, -0.15) is 0 Å². The summed E-state index contributed by atoms with van der Waals surface area (Å²) in [7, 11) is 0. The number of unbranched alkanes of at least 4 members (excludes halogenated alkanes) is 10. The van der Waals surface area contributed by atoms with Gasteiger partial charge in [0.25, 0.3) is 0 Å². The summed E-state index contributed by atoms with van der Waals surface area (Å²) in [6, 6.07) is 0. The molecule has 1 heterocycles. The standard InChI is InChI=1S/C19H34O4/c1-3-4-5-6-7-8-9-10-11-12-13-14-16-17(21)19(2,15-20)23-18(16)22/h14,17,20-21H,3-13,15H2,1-2H3/t17-,19+/m1/s1. The molecule has 0 aromatic heterocycles. The number of cyclic esters (lactones) is 1. The first-order chi connectivity index (χ1) is 11.0. The summed E-state index contributed by atoms with van der Waals surface area (Å²) in [6.45, 7) is 3.43. The molecule has 0 unspecified atom stereocenters. The van der Waals surface area contributed by atoms with Gasteiger partial charge in [0.2, 0.25) is 0 Å². The third-order valence-electron chi connectivity index (χ3n) is 4.67. The number of ether oxygens (including phenoxy) is 1. The van der Waals surface area contributed by atoms with Crippen molar-refractivity contribution in [1.82, 2.24) is 0 Å². The number of esters is 1. The second kappa shape index (κ2) is 10.8. The molecule has 1 fully saturated rings. The van der Waals surface area contributed by atoms with Gasteiger partial charge < -0.3 is 14.9 Å². The van der Waals surface area contributed by atoms with Crippen molar-refractivity contribution in [2.45, 2.75) is 96.2 Å². The van der Waals surface area contributed by atoms with E-state index >= 15 is 0 Å². The lowest BCUT2D eigenvalue weighted by Gasteiger charge is -2.22. The Hall–Kier alpha value is -0.870. The first-order valence-corrected chi connectivity index (χ1v) is 9.27. The van der Waals surface area contributed by atoms with Crippen LogP contribution in [0, 0.1) is 0 Å². The maximum Gasteiger partial charge on any atom is 0.337 e. The van der Waals surface area contributed by atoms with Gasteiger partial charge in [-0.05, 0) is 19.8 Å². The van der Waals surface area contributed by atoms with E-state index in [9.17, 15) is 15.0 Å². The Balaban J connectivity index is 2.09. The van der Waals surface area contributed by atoms with Gasteiger partial charge in [0.15, 0.2) is 5.60 Å². The molecule has 134 valence electrons. The van der Waals surface area contributed by atoms with Crippen LogP contribution < -0.4 is 0 Å². The van der Waals surface area contributed by atoms with E-state index in [1.54, 1.807) is 13.0 Å². The Morgan fingerprint density at radius 3 is 2.04 bits per heavy atom. The van der Waals surface area contributed by atoms with Crippen molar-refractivity contribution >= 4 is 5.97 Å². The van der Waals surface area contributed by atoms with E-state index in [1.807, 2.05) is 0 Å². The molecule has 0 bridgehead atoms. The third-order valence-corrected chi connectivity index (χ3v) is 4.67. The highest BCUT2D eigenvalue weighted by atomic mass is 16.6. The lowest BCUT2D eigenvalue weighted by molar-refractivity contribution is -0.152. The summed E-state index contributed by atoms with van der Waals surface area (Å²) >= 11 is 0. The number of allylic oxidation sites excluding steroid dienone is 1. The molecule has 0 saturated carbocycles. The molecule has 4 nitrogen and oxygen atoms in total. The zero-order valence-electron chi connectivity index (χ0n) is 14.9. The number of aliphatic hydroxyl groups excluding tert-OH is 2. The van der Waals surface area contributed by atoms with Crippen LogP contribution in [-0.4, -0.2) is 34.5 Å². The molecule has 0 aromatic carbocycles. The lowest BCUT2D eigenvalue weighted by Crippen LogP contribution is -2.40. The maximum absolute atomic E-state index is 11.7. The fourth-order valence-corrected chi connectivity index (χ4v) is 2.97. The van der Waals surface area contributed by atoms with Crippen LogP contribution in [0.15, 0.2) is 11.6 Å². The van der Waals surface area contributed by atoms with E-state index in [4.69, 9.17) is 4.74 Å². The van der Waals surface area contributed by atoms with Crippen molar-refractivity contribution in [2.75, 3.05) is 6.61 Å². The monoisotopic (exact) mass is 326 g/mol. The third kappa shape index (κ3) is 6.64. The quantitative estimate of drug-likeness (QED) is 0.324. The summed E-state index contributed by atoms with van der Waals surface area (Å²) in [5, 5.41) is 19.3. The molecule has 4 heteroatoms. The Bertz CT molecular complexity index is 378. The van der Waals surface area contributed by atoms with E-state index in [1.165, 1.54) is 51.4 Å². The Labute approximate surface area is 140 Å². The molecule has 0 spiro atoms. The fraction of sp³-hybridized carbons (Fsp3) is 0.842. The summed E-state index contributed by atoms with van der Waals surface area (Å²) in [6.07, 6.45) is 14.3. The zero-order valence-corrected chi connectivity index (χ0v) is 14.9. The molecule has 0 aliphatic carbocycles. The molecule has 23 heavy (non-hydrogen) atoms. The molecule has 0 aromatic rings. The van der Waals surface area contributed by atoms with Crippen LogP contribution >= 0.6 is 0 Å². The van der Waals surface area contributed by atoms with Crippen LogP contribution in [-0.2, 0) is 9.53 Å². The molecule has 1 aliphatic heterocycles. The predicted octanol–water partition coefficient (Wildman–Crippen LogP) is 3.89. The van der Waals surface area contributed by atoms with Gasteiger partial charge in [-0.15, -0.1) is 0 Å². The highest BCUT2D eigenvalue weighted by Gasteiger charge is 2.48. The van der Waals surface area contributed by atoms with Crippen LogP contribution in [0.25, 0.3) is 0 Å². The van der Waals surface area contributed by atoms with E-state index in [0.29, 0.717) is 5.57 Å². The number of rotatable bonds is 12. The highest BCUT2D eigenvalue weighted by Crippen LogP contribution is 2.31. The maximum atomic E-state index is 11.7. The van der Waals surface area contributed by atoms with Crippen LogP contribution in [0.3, 0.4) is 0 Å². The van der Waals surface area contributed by atoms with E-state index in [0.717, 1.165) is 19.3 Å². The minimum atomic E-state index is -1.18. The largest absolute Gasteiger partial charge is 0.450 e. The van der Waals surface area contributed by atoms with Gasteiger partial charge >= 0.3 is 5.97 Å². The summed E-state index contributed by atoms with van der Waals surface area (Å²) in [5.74, 6) is -0.499. The minimum absolute atomic E-state index is 0.303. The Morgan fingerprint density at radius 1 is 1.04 bits per heavy atom. The smallest absolute Gasteiger partial charge is 0.337 e. The Kier molecular flexibility index (Phi) is 9.49. The Morgan fingerprint density at radius 2 is 1.57 bits per heavy atom. The number of carbonyl (C=O) groups excluding carboxylic acids is 1. The molecule has 1 rings (SSSR count). The van der Waals surface area contributed by atoms with Crippen LogP contribution in [0.1, 0.15) is 84.5 Å². The van der Waals surface area contributed by atoms with Crippen molar-refractivity contribution in [3.8, 4) is 0 Å². The van der Waals surface area contributed by atoms with Gasteiger partial charge in [-0.3, -0.25) is 0 Å². The summed E-state index contributed by atoms with van der Waals surface area (Å²) in [5.41, 5.74) is -0.877. The minimum Gasteiger partial charge on any atom is -0.450 e. The molecular formula is C19H34O4. The van der Waals surface area contributed by atoms with Crippen molar-refractivity contribution in [3.05, 3.63) is 11.6 Å². The topological polar surface area (TPSA) is 66.8 Å². The molecular weight excluding hydrogens is 292 g/mol. The van der Waals surface area contributed by atoms with Crippen LogP contribution in [0.4, 0.5) is 0 Å². The first-order valence-electron chi connectivity index (χ1n) is 9.27. The zero-order chi connectivity index (χ0) is 17.1. The second-order valence-electron chi connectivity index (χ2n) is 6.89. The number of carbonyl (C=O) groups is 1. The molecule has 0 radical (unpaired) electrons. The van der Waals surface area contributed by atoms with Crippen LogP contribution in [0.5, 0.6) is 0 Å². The second-order valence-corrected chi connectivity index (χ2v) is 6.89. The SMILES string of the molecule is CCCCCCCCCCCCC=C1C(=O)O[C@@](C)(CO)[C@@H]1O. The normalized spacial score (nSPS) is 26.0. The van der Waals surface area contributed by atoms with Gasteiger partial charge in [-0.25, -0.2) is 4.79 Å². The molecule has 0 amide bonds. The van der Waals surface area contributed by atoms with E-state index in [-0.39, 0.29) is 6.61 Å². The lowest BCUT2D eigenvalue weighted by atomic mass is 9.96. The average Bonchev–Trinajstić information content (AvgIpc) is 2.76. The van der Waals surface area contributed by atoms with Gasteiger partial charge in [0, 0.05) is 0 Å². The van der Waals surface area contributed by atoms with Crippen molar-refractivity contribution in [3.63, 3.8) is 0 Å².